The van der Waals surface area contributed by atoms with Crippen molar-refractivity contribution in [1.82, 2.24) is 4.90 Å². The van der Waals surface area contributed by atoms with Gasteiger partial charge in [-0.3, -0.25) is 9.59 Å². The van der Waals surface area contributed by atoms with E-state index in [9.17, 15) is 18.4 Å². The van der Waals surface area contributed by atoms with E-state index in [1.807, 2.05) is 0 Å². The van der Waals surface area contributed by atoms with E-state index >= 15 is 0 Å². The number of benzene rings is 1. The van der Waals surface area contributed by atoms with Gasteiger partial charge in [0.25, 0.3) is 0 Å². The minimum absolute atomic E-state index is 0.00360. The fraction of sp³-hybridized carbons (Fsp3) is 0.412. The van der Waals surface area contributed by atoms with Crippen LogP contribution in [0.3, 0.4) is 0 Å². The van der Waals surface area contributed by atoms with E-state index in [-0.39, 0.29) is 18.2 Å². The first-order chi connectivity index (χ1) is 11.4. The highest BCUT2D eigenvalue weighted by Crippen LogP contribution is 2.27. The molecule has 0 radical (unpaired) electrons. The molecule has 1 unspecified atom stereocenters. The van der Waals surface area contributed by atoms with Gasteiger partial charge in [-0.1, -0.05) is 18.2 Å². The van der Waals surface area contributed by atoms with E-state index in [0.717, 1.165) is 0 Å². The molecule has 1 saturated heterocycles. The molecule has 1 fully saturated rings. The summed E-state index contributed by atoms with van der Waals surface area (Å²) in [7, 11) is 0. The first-order valence-corrected chi connectivity index (χ1v) is 7.62. The number of rotatable bonds is 5. The van der Waals surface area contributed by atoms with E-state index in [1.165, 1.54) is 17.0 Å². The number of carboxylic acids is 1. The van der Waals surface area contributed by atoms with Crippen LogP contribution in [0.25, 0.3) is 5.57 Å². The van der Waals surface area contributed by atoms with Crippen molar-refractivity contribution in [2.45, 2.75) is 26.4 Å². The molecule has 1 N–H and O–H groups in total. The molecule has 0 aromatic heterocycles. The Balaban J connectivity index is 2.15. The van der Waals surface area contributed by atoms with Crippen molar-refractivity contribution in [2.75, 3.05) is 13.1 Å². The largest absolute Gasteiger partial charge is 0.481 e. The Kier molecular flexibility index (Phi) is 5.89. The molecule has 0 aliphatic carbocycles. The minimum atomic E-state index is -2.95. The number of halogens is 2. The van der Waals surface area contributed by atoms with Crippen LogP contribution in [0.2, 0.25) is 0 Å². The van der Waals surface area contributed by atoms with Gasteiger partial charge >= 0.3 is 12.6 Å². The third-order valence-corrected chi connectivity index (χ3v) is 3.95. The molecule has 1 aromatic rings. The van der Waals surface area contributed by atoms with Crippen LogP contribution < -0.4 is 4.74 Å². The zero-order chi connectivity index (χ0) is 17.7. The van der Waals surface area contributed by atoms with E-state index in [2.05, 4.69) is 4.74 Å². The summed E-state index contributed by atoms with van der Waals surface area (Å²) in [5.74, 6) is -1.81. The number of carbonyl (C=O) groups excluding carboxylic acids is 1. The van der Waals surface area contributed by atoms with Gasteiger partial charge in [0.1, 0.15) is 5.75 Å². The molecule has 130 valence electrons. The third-order valence-electron chi connectivity index (χ3n) is 3.95. The van der Waals surface area contributed by atoms with Crippen LogP contribution >= 0.6 is 0 Å². The number of hydrogen-bond donors (Lipinski definition) is 1. The zero-order valence-electron chi connectivity index (χ0n) is 13.2. The second-order valence-corrected chi connectivity index (χ2v) is 5.66. The zero-order valence-corrected chi connectivity index (χ0v) is 13.2. The van der Waals surface area contributed by atoms with E-state index in [4.69, 9.17) is 5.11 Å². The quantitative estimate of drug-likeness (QED) is 0.838. The van der Waals surface area contributed by atoms with Gasteiger partial charge in [0.2, 0.25) is 5.91 Å². The summed E-state index contributed by atoms with van der Waals surface area (Å²) < 4.78 is 29.4. The molecule has 1 aliphatic rings. The molecule has 1 aliphatic heterocycles. The smallest absolute Gasteiger partial charge is 0.387 e. The Hall–Kier alpha value is -2.44. The van der Waals surface area contributed by atoms with E-state index in [1.54, 1.807) is 25.1 Å². The summed E-state index contributed by atoms with van der Waals surface area (Å²) in [4.78, 5) is 24.9. The first kappa shape index (κ1) is 17.9. The Bertz CT molecular complexity index is 645. The Labute approximate surface area is 138 Å². The van der Waals surface area contributed by atoms with Crippen molar-refractivity contribution in [2.24, 2.45) is 5.92 Å². The van der Waals surface area contributed by atoms with Gasteiger partial charge in [-0.2, -0.15) is 8.78 Å². The second-order valence-electron chi connectivity index (χ2n) is 5.66. The van der Waals surface area contributed by atoms with Gasteiger partial charge in [0.05, 0.1) is 5.92 Å². The average Bonchev–Trinajstić information content (AvgIpc) is 2.54. The summed E-state index contributed by atoms with van der Waals surface area (Å²) in [5.41, 5.74) is 0.881. The Morgan fingerprint density at radius 2 is 2.08 bits per heavy atom. The molecule has 24 heavy (non-hydrogen) atoms. The molecule has 7 heteroatoms. The maximum absolute atomic E-state index is 12.5. The van der Waals surface area contributed by atoms with Gasteiger partial charge in [-0.15, -0.1) is 0 Å². The number of ether oxygens (including phenoxy) is 1. The molecule has 1 heterocycles. The number of nitrogens with zero attached hydrogens (tertiary/aromatic N) is 1. The predicted molar refractivity (Wildman–Crippen MR) is 83.7 cm³/mol. The molecule has 2 rings (SSSR count). The first-order valence-electron chi connectivity index (χ1n) is 7.62. The van der Waals surface area contributed by atoms with Gasteiger partial charge < -0.3 is 14.7 Å². The molecular weight excluding hydrogens is 320 g/mol. The molecule has 1 aromatic carbocycles. The standard InChI is InChI=1S/C17H19F2NO4/c1-11(13-6-2-3-7-14(13)24-17(18)19)9-15(21)20-8-4-5-12(10-20)16(22)23/h2-3,6-7,9,12,17H,4-5,8,10H2,1H3,(H,22,23)/b11-9-. The van der Waals surface area contributed by atoms with Gasteiger partial charge in [-0.05, 0) is 31.4 Å². The van der Waals surface area contributed by atoms with Crippen molar-refractivity contribution in [3.63, 3.8) is 0 Å². The lowest BCUT2D eigenvalue weighted by atomic mass is 9.98. The number of para-hydroxylation sites is 1. The number of likely N-dealkylation sites (tertiary alicyclic amines) is 1. The number of amides is 1. The van der Waals surface area contributed by atoms with Gasteiger partial charge in [0.15, 0.2) is 0 Å². The lowest BCUT2D eigenvalue weighted by molar-refractivity contribution is -0.144. The number of piperidine rings is 1. The fourth-order valence-electron chi connectivity index (χ4n) is 2.72. The highest BCUT2D eigenvalue weighted by Gasteiger charge is 2.27. The van der Waals surface area contributed by atoms with Crippen molar-refractivity contribution in [3.05, 3.63) is 35.9 Å². The molecule has 5 nitrogen and oxygen atoms in total. The van der Waals surface area contributed by atoms with Crippen molar-refractivity contribution < 1.29 is 28.2 Å². The molecular formula is C17H19F2NO4. The summed E-state index contributed by atoms with van der Waals surface area (Å²) in [6.07, 6.45) is 2.51. The lowest BCUT2D eigenvalue weighted by Gasteiger charge is -2.30. The van der Waals surface area contributed by atoms with Crippen LogP contribution in [-0.4, -0.2) is 41.6 Å². The number of alkyl halides is 2. The predicted octanol–water partition coefficient (Wildman–Crippen LogP) is 3.01. The Morgan fingerprint density at radius 3 is 2.75 bits per heavy atom. The van der Waals surface area contributed by atoms with E-state index in [0.29, 0.717) is 30.5 Å². The van der Waals surface area contributed by atoms with Crippen LogP contribution in [-0.2, 0) is 9.59 Å². The third kappa shape index (κ3) is 4.53. The van der Waals surface area contributed by atoms with Crippen molar-refractivity contribution >= 4 is 17.4 Å². The number of aliphatic carboxylic acids is 1. The maximum Gasteiger partial charge on any atom is 0.387 e. The van der Waals surface area contributed by atoms with Crippen LogP contribution in [0.15, 0.2) is 30.3 Å². The second kappa shape index (κ2) is 7.90. The van der Waals surface area contributed by atoms with Crippen LogP contribution in [0, 0.1) is 5.92 Å². The van der Waals surface area contributed by atoms with Gasteiger partial charge in [0, 0.05) is 24.7 Å². The summed E-state index contributed by atoms with van der Waals surface area (Å²) in [5, 5.41) is 9.08. The molecule has 0 saturated carbocycles. The fourth-order valence-corrected chi connectivity index (χ4v) is 2.72. The number of allylic oxidation sites excluding steroid dienone is 1. The minimum Gasteiger partial charge on any atom is -0.481 e. The van der Waals surface area contributed by atoms with Crippen molar-refractivity contribution in [3.8, 4) is 5.75 Å². The highest BCUT2D eigenvalue weighted by atomic mass is 19.3. The van der Waals surface area contributed by atoms with Crippen LogP contribution in [0.5, 0.6) is 5.75 Å². The topological polar surface area (TPSA) is 66.8 Å². The lowest BCUT2D eigenvalue weighted by Crippen LogP contribution is -2.41. The SMILES string of the molecule is C/C(=C/C(=O)N1CCCC(C(=O)O)C1)c1ccccc1OC(F)F. The van der Waals surface area contributed by atoms with Gasteiger partial charge in [-0.25, -0.2) is 0 Å². The molecule has 1 atom stereocenters. The summed E-state index contributed by atoms with van der Waals surface area (Å²) in [6.45, 7) is -0.674. The monoisotopic (exact) mass is 339 g/mol. The molecule has 0 bridgehead atoms. The molecule has 1 amide bonds. The normalized spacial score (nSPS) is 18.6. The summed E-state index contributed by atoms with van der Waals surface area (Å²) >= 11 is 0. The average molecular weight is 339 g/mol. The Morgan fingerprint density at radius 1 is 1.38 bits per heavy atom. The number of carboxylic acid groups (broad SMARTS) is 1. The van der Waals surface area contributed by atoms with Crippen molar-refractivity contribution in [1.29, 1.82) is 0 Å². The van der Waals surface area contributed by atoms with Crippen LogP contribution in [0.1, 0.15) is 25.3 Å². The number of carbonyl (C=O) groups is 2. The maximum atomic E-state index is 12.5. The van der Waals surface area contributed by atoms with E-state index < -0.39 is 18.5 Å². The van der Waals surface area contributed by atoms with Crippen LogP contribution in [0.4, 0.5) is 8.78 Å². The highest BCUT2D eigenvalue weighted by molar-refractivity contribution is 5.95. The number of hydrogen-bond acceptors (Lipinski definition) is 3. The molecule has 0 spiro atoms. The summed E-state index contributed by atoms with van der Waals surface area (Å²) in [6, 6.07) is 6.23.